The molecular formula is C16H21N3O. The van der Waals surface area contributed by atoms with Gasteiger partial charge in [-0.3, -0.25) is 4.68 Å². The second kappa shape index (κ2) is 5.29. The van der Waals surface area contributed by atoms with Crippen LogP contribution in [0.4, 0.5) is 0 Å². The topological polar surface area (TPSA) is 39.1 Å². The molecule has 0 saturated carbocycles. The minimum atomic E-state index is 0.112. The molecule has 2 aromatic rings. The molecule has 2 heterocycles. The van der Waals surface area contributed by atoms with E-state index in [9.17, 15) is 0 Å². The Morgan fingerprint density at radius 3 is 3.00 bits per heavy atom. The Bertz CT molecular complexity index is 618. The molecule has 0 fully saturated rings. The SMILES string of the molecule is CCc1cc(C(NC)c2cccc3c2OCC3)n(C)n1. The number of hydrogen-bond acceptors (Lipinski definition) is 3. The van der Waals surface area contributed by atoms with Gasteiger partial charge in [-0.25, -0.2) is 0 Å². The van der Waals surface area contributed by atoms with E-state index in [2.05, 4.69) is 41.6 Å². The van der Waals surface area contributed by atoms with Crippen molar-refractivity contribution in [2.24, 2.45) is 7.05 Å². The lowest BCUT2D eigenvalue weighted by molar-refractivity contribution is 0.350. The molecule has 106 valence electrons. The van der Waals surface area contributed by atoms with Gasteiger partial charge in [0.05, 0.1) is 24.0 Å². The number of nitrogens with one attached hydrogen (secondary N) is 1. The van der Waals surface area contributed by atoms with Crippen LogP contribution in [0.25, 0.3) is 0 Å². The first-order chi connectivity index (χ1) is 9.74. The van der Waals surface area contributed by atoms with Crippen molar-refractivity contribution < 1.29 is 4.74 Å². The zero-order valence-corrected chi connectivity index (χ0v) is 12.3. The molecule has 1 aliphatic heterocycles. The Hall–Kier alpha value is -1.81. The first-order valence-corrected chi connectivity index (χ1v) is 7.19. The van der Waals surface area contributed by atoms with Gasteiger partial charge in [0.15, 0.2) is 0 Å². The van der Waals surface area contributed by atoms with E-state index in [-0.39, 0.29) is 6.04 Å². The molecular weight excluding hydrogens is 250 g/mol. The van der Waals surface area contributed by atoms with E-state index in [4.69, 9.17) is 4.74 Å². The quantitative estimate of drug-likeness (QED) is 0.927. The van der Waals surface area contributed by atoms with E-state index >= 15 is 0 Å². The van der Waals surface area contributed by atoms with Crippen LogP contribution in [0.1, 0.15) is 35.5 Å². The third-order valence-corrected chi connectivity index (χ3v) is 3.97. The molecule has 1 aromatic carbocycles. The van der Waals surface area contributed by atoms with Crippen LogP contribution in [0.3, 0.4) is 0 Å². The summed E-state index contributed by atoms with van der Waals surface area (Å²) in [5.74, 6) is 1.05. The minimum Gasteiger partial charge on any atom is -0.493 e. The van der Waals surface area contributed by atoms with Crippen LogP contribution in [0.2, 0.25) is 0 Å². The van der Waals surface area contributed by atoms with E-state index in [0.29, 0.717) is 0 Å². The molecule has 1 unspecified atom stereocenters. The maximum atomic E-state index is 5.84. The summed E-state index contributed by atoms with van der Waals surface area (Å²) in [5, 5.41) is 7.95. The standard InChI is InChI=1S/C16H21N3O/c1-4-12-10-14(19(3)18-12)15(17-2)13-7-5-6-11-8-9-20-16(11)13/h5-7,10,15,17H,4,8-9H2,1-3H3. The minimum absolute atomic E-state index is 0.112. The van der Waals surface area contributed by atoms with Crippen molar-refractivity contribution in [3.63, 3.8) is 0 Å². The highest BCUT2D eigenvalue weighted by molar-refractivity contribution is 5.48. The molecule has 1 N–H and O–H groups in total. The van der Waals surface area contributed by atoms with Crippen molar-refractivity contribution in [1.82, 2.24) is 15.1 Å². The molecule has 20 heavy (non-hydrogen) atoms. The van der Waals surface area contributed by atoms with Gasteiger partial charge in [0, 0.05) is 19.0 Å². The van der Waals surface area contributed by atoms with Crippen LogP contribution < -0.4 is 10.1 Å². The van der Waals surface area contributed by atoms with Gasteiger partial charge in [-0.2, -0.15) is 5.10 Å². The van der Waals surface area contributed by atoms with Gasteiger partial charge in [0.1, 0.15) is 5.75 Å². The van der Waals surface area contributed by atoms with Crippen LogP contribution in [0.15, 0.2) is 24.3 Å². The summed E-state index contributed by atoms with van der Waals surface area (Å²) in [6.45, 7) is 2.91. The zero-order chi connectivity index (χ0) is 14.1. The van der Waals surface area contributed by atoms with Crippen molar-refractivity contribution in [3.05, 3.63) is 46.8 Å². The third kappa shape index (κ3) is 2.10. The summed E-state index contributed by atoms with van der Waals surface area (Å²) >= 11 is 0. The summed E-state index contributed by atoms with van der Waals surface area (Å²) in [7, 11) is 3.99. The zero-order valence-electron chi connectivity index (χ0n) is 12.3. The molecule has 1 aliphatic rings. The molecule has 1 aromatic heterocycles. The molecule has 0 radical (unpaired) electrons. The first-order valence-electron chi connectivity index (χ1n) is 7.19. The van der Waals surface area contributed by atoms with Gasteiger partial charge in [-0.05, 0) is 25.1 Å². The Morgan fingerprint density at radius 1 is 1.45 bits per heavy atom. The van der Waals surface area contributed by atoms with Crippen molar-refractivity contribution in [2.75, 3.05) is 13.7 Å². The maximum absolute atomic E-state index is 5.84. The van der Waals surface area contributed by atoms with Crippen LogP contribution in [-0.2, 0) is 19.9 Å². The number of para-hydroxylation sites is 1. The van der Waals surface area contributed by atoms with Gasteiger partial charge in [-0.15, -0.1) is 0 Å². The summed E-state index contributed by atoms with van der Waals surface area (Å²) < 4.78 is 7.80. The van der Waals surface area contributed by atoms with E-state index in [1.54, 1.807) is 0 Å². The fraction of sp³-hybridized carbons (Fsp3) is 0.438. The fourth-order valence-electron chi connectivity index (χ4n) is 2.92. The Morgan fingerprint density at radius 2 is 2.30 bits per heavy atom. The Kier molecular flexibility index (Phi) is 3.49. The number of fused-ring (bicyclic) bond motifs is 1. The number of nitrogens with zero attached hydrogens (tertiary/aromatic N) is 2. The highest BCUT2D eigenvalue weighted by Gasteiger charge is 2.24. The van der Waals surface area contributed by atoms with Crippen molar-refractivity contribution in [3.8, 4) is 5.75 Å². The van der Waals surface area contributed by atoms with Crippen molar-refractivity contribution >= 4 is 0 Å². The molecule has 0 aliphatic carbocycles. The maximum Gasteiger partial charge on any atom is 0.127 e. The second-order valence-electron chi connectivity index (χ2n) is 5.19. The number of rotatable bonds is 4. The first kappa shape index (κ1) is 13.2. The predicted molar refractivity (Wildman–Crippen MR) is 79.1 cm³/mol. The van der Waals surface area contributed by atoms with Crippen LogP contribution in [0.5, 0.6) is 5.75 Å². The molecule has 3 rings (SSSR count). The number of aryl methyl sites for hydroxylation is 2. The lowest BCUT2D eigenvalue weighted by Crippen LogP contribution is -2.21. The predicted octanol–water partition coefficient (Wildman–Crippen LogP) is 2.23. The van der Waals surface area contributed by atoms with Gasteiger partial charge in [-0.1, -0.05) is 25.1 Å². The summed E-state index contributed by atoms with van der Waals surface area (Å²) in [6, 6.07) is 8.70. The molecule has 0 bridgehead atoms. The van der Waals surface area contributed by atoms with E-state index in [0.717, 1.165) is 30.9 Å². The Balaban J connectivity index is 2.06. The number of hydrogen-bond donors (Lipinski definition) is 1. The van der Waals surface area contributed by atoms with E-state index < -0.39 is 0 Å². The molecule has 4 heteroatoms. The van der Waals surface area contributed by atoms with Gasteiger partial charge >= 0.3 is 0 Å². The summed E-state index contributed by atoms with van der Waals surface area (Å²) in [4.78, 5) is 0. The van der Waals surface area contributed by atoms with Gasteiger partial charge in [0.2, 0.25) is 0 Å². The van der Waals surface area contributed by atoms with Crippen LogP contribution >= 0.6 is 0 Å². The van der Waals surface area contributed by atoms with E-state index in [1.165, 1.54) is 16.8 Å². The normalized spacial score (nSPS) is 14.9. The smallest absolute Gasteiger partial charge is 0.127 e. The molecule has 1 atom stereocenters. The molecule has 0 spiro atoms. The van der Waals surface area contributed by atoms with E-state index in [1.807, 2.05) is 18.8 Å². The summed E-state index contributed by atoms with van der Waals surface area (Å²) in [5.41, 5.74) is 4.80. The van der Waals surface area contributed by atoms with Crippen LogP contribution in [0, 0.1) is 0 Å². The van der Waals surface area contributed by atoms with Crippen molar-refractivity contribution in [2.45, 2.75) is 25.8 Å². The van der Waals surface area contributed by atoms with Crippen LogP contribution in [-0.4, -0.2) is 23.4 Å². The lowest BCUT2D eigenvalue weighted by Gasteiger charge is -2.19. The highest BCUT2D eigenvalue weighted by Crippen LogP contribution is 2.36. The number of aromatic nitrogens is 2. The van der Waals surface area contributed by atoms with Gasteiger partial charge < -0.3 is 10.1 Å². The number of benzene rings is 1. The highest BCUT2D eigenvalue weighted by atomic mass is 16.5. The lowest BCUT2D eigenvalue weighted by atomic mass is 9.99. The molecule has 0 amide bonds. The Labute approximate surface area is 119 Å². The van der Waals surface area contributed by atoms with Crippen molar-refractivity contribution in [1.29, 1.82) is 0 Å². The number of ether oxygens (including phenoxy) is 1. The second-order valence-corrected chi connectivity index (χ2v) is 5.19. The average molecular weight is 271 g/mol. The fourth-order valence-corrected chi connectivity index (χ4v) is 2.92. The third-order valence-electron chi connectivity index (χ3n) is 3.97. The summed E-state index contributed by atoms with van der Waals surface area (Å²) in [6.07, 6.45) is 1.96. The molecule has 0 saturated heterocycles. The average Bonchev–Trinajstić information content (AvgIpc) is 3.07. The molecule has 4 nitrogen and oxygen atoms in total. The van der Waals surface area contributed by atoms with Gasteiger partial charge in [0.25, 0.3) is 0 Å². The monoisotopic (exact) mass is 271 g/mol. The largest absolute Gasteiger partial charge is 0.493 e.